The van der Waals surface area contributed by atoms with E-state index in [1.807, 2.05) is 36.4 Å². The second-order valence-electron chi connectivity index (χ2n) is 6.39. The minimum Gasteiger partial charge on any atom is -0.489 e. The number of carbonyl (C=O) groups excluding carboxylic acids is 1. The van der Waals surface area contributed by atoms with Crippen molar-refractivity contribution in [1.82, 2.24) is 0 Å². The van der Waals surface area contributed by atoms with E-state index in [1.165, 1.54) is 18.2 Å². The number of amides is 1. The number of benzene rings is 3. The summed E-state index contributed by atoms with van der Waals surface area (Å²) in [5.74, 6) is -0.0818. The SMILES string of the molecule is N#CC(=Cc1ccc(OCc2ccccc2)cc1)C(=O)Nc1cc([N+](=O)[O-])ccc1Cl. The molecule has 1 N–H and O–H groups in total. The van der Waals surface area contributed by atoms with Crippen LogP contribution in [0.5, 0.6) is 5.75 Å². The van der Waals surface area contributed by atoms with Crippen molar-refractivity contribution in [2.24, 2.45) is 0 Å². The summed E-state index contributed by atoms with van der Waals surface area (Å²) in [5.41, 5.74) is 1.29. The smallest absolute Gasteiger partial charge is 0.271 e. The van der Waals surface area contributed by atoms with Crippen LogP contribution in [-0.4, -0.2) is 10.8 Å². The Bertz CT molecular complexity index is 1170. The number of hydrogen-bond donors (Lipinski definition) is 1. The molecule has 0 unspecified atom stereocenters. The molecule has 8 heteroatoms. The Labute approximate surface area is 183 Å². The zero-order chi connectivity index (χ0) is 22.2. The third-order valence-electron chi connectivity index (χ3n) is 4.21. The number of non-ortho nitro benzene ring substituents is 1. The van der Waals surface area contributed by atoms with Gasteiger partial charge in [0.1, 0.15) is 24.0 Å². The minimum atomic E-state index is -0.727. The van der Waals surface area contributed by atoms with Crippen LogP contribution in [0.1, 0.15) is 11.1 Å². The second-order valence-corrected chi connectivity index (χ2v) is 6.80. The minimum absolute atomic E-state index is 0.0478. The highest BCUT2D eigenvalue weighted by Gasteiger charge is 2.15. The highest BCUT2D eigenvalue weighted by molar-refractivity contribution is 6.34. The summed E-state index contributed by atoms with van der Waals surface area (Å²) in [7, 11) is 0. The molecule has 0 spiro atoms. The maximum atomic E-state index is 12.5. The fraction of sp³-hybridized carbons (Fsp3) is 0.0435. The van der Waals surface area contributed by atoms with Gasteiger partial charge in [0.2, 0.25) is 0 Å². The van der Waals surface area contributed by atoms with Crippen LogP contribution in [0.3, 0.4) is 0 Å². The number of nitro benzene ring substituents is 1. The van der Waals surface area contributed by atoms with E-state index in [4.69, 9.17) is 16.3 Å². The fourth-order valence-electron chi connectivity index (χ4n) is 2.63. The van der Waals surface area contributed by atoms with Crippen LogP contribution < -0.4 is 10.1 Å². The summed E-state index contributed by atoms with van der Waals surface area (Å²) in [4.78, 5) is 22.8. The van der Waals surface area contributed by atoms with Gasteiger partial charge >= 0.3 is 0 Å². The molecule has 0 saturated carbocycles. The Morgan fingerprint density at radius 2 is 1.84 bits per heavy atom. The molecule has 0 atom stereocenters. The predicted molar refractivity (Wildman–Crippen MR) is 118 cm³/mol. The van der Waals surface area contributed by atoms with Crippen molar-refractivity contribution >= 4 is 35.0 Å². The molecule has 0 aliphatic heterocycles. The van der Waals surface area contributed by atoms with E-state index in [0.717, 1.165) is 11.6 Å². The predicted octanol–water partition coefficient (Wildman–Crippen LogP) is 5.37. The second kappa shape index (κ2) is 10.1. The first kappa shape index (κ1) is 21.6. The first-order valence-electron chi connectivity index (χ1n) is 9.10. The Kier molecular flexibility index (Phi) is 6.99. The Balaban J connectivity index is 1.69. The maximum Gasteiger partial charge on any atom is 0.271 e. The van der Waals surface area contributed by atoms with Gasteiger partial charge in [-0.25, -0.2) is 0 Å². The van der Waals surface area contributed by atoms with E-state index in [9.17, 15) is 20.2 Å². The van der Waals surface area contributed by atoms with Gasteiger partial charge < -0.3 is 10.1 Å². The molecule has 0 saturated heterocycles. The van der Waals surface area contributed by atoms with Gasteiger partial charge in [-0.2, -0.15) is 5.26 Å². The summed E-state index contributed by atoms with van der Waals surface area (Å²) in [6.45, 7) is 0.422. The van der Waals surface area contributed by atoms with Gasteiger partial charge in [0.15, 0.2) is 0 Å². The van der Waals surface area contributed by atoms with Crippen LogP contribution in [0.2, 0.25) is 5.02 Å². The third-order valence-corrected chi connectivity index (χ3v) is 4.54. The fourth-order valence-corrected chi connectivity index (χ4v) is 2.79. The topological polar surface area (TPSA) is 105 Å². The zero-order valence-electron chi connectivity index (χ0n) is 16.1. The molecule has 31 heavy (non-hydrogen) atoms. The van der Waals surface area contributed by atoms with Crippen molar-refractivity contribution in [3.8, 4) is 11.8 Å². The van der Waals surface area contributed by atoms with Crippen LogP contribution in [0.4, 0.5) is 11.4 Å². The maximum absolute atomic E-state index is 12.5. The van der Waals surface area contributed by atoms with Gasteiger partial charge in [-0.05, 0) is 35.4 Å². The molecule has 3 rings (SSSR count). The van der Waals surface area contributed by atoms with Crippen molar-refractivity contribution in [2.45, 2.75) is 6.61 Å². The molecule has 0 bridgehead atoms. The summed E-state index contributed by atoms with van der Waals surface area (Å²) in [5, 5.41) is 22.8. The van der Waals surface area contributed by atoms with E-state index in [2.05, 4.69) is 5.32 Å². The molecular formula is C23H16ClN3O4. The molecule has 0 fully saturated rings. The molecule has 0 heterocycles. The lowest BCUT2D eigenvalue weighted by Crippen LogP contribution is -2.14. The number of nitrogens with one attached hydrogen (secondary N) is 1. The first-order chi connectivity index (χ1) is 15.0. The largest absolute Gasteiger partial charge is 0.489 e. The van der Waals surface area contributed by atoms with Crippen molar-refractivity contribution in [2.75, 3.05) is 5.32 Å². The molecule has 3 aromatic rings. The monoisotopic (exact) mass is 433 g/mol. The molecule has 3 aromatic carbocycles. The van der Waals surface area contributed by atoms with Crippen LogP contribution in [0.15, 0.2) is 78.4 Å². The molecule has 0 radical (unpaired) electrons. The quantitative estimate of drug-likeness (QED) is 0.233. The molecule has 7 nitrogen and oxygen atoms in total. The van der Waals surface area contributed by atoms with Crippen LogP contribution in [0, 0.1) is 21.4 Å². The van der Waals surface area contributed by atoms with Gasteiger partial charge in [0.05, 0.1) is 15.6 Å². The Morgan fingerprint density at radius 1 is 1.13 bits per heavy atom. The van der Waals surface area contributed by atoms with Crippen LogP contribution in [-0.2, 0) is 11.4 Å². The van der Waals surface area contributed by atoms with Gasteiger partial charge in [-0.1, -0.05) is 54.1 Å². The lowest BCUT2D eigenvalue weighted by Gasteiger charge is -2.07. The standard InChI is InChI=1S/C23H16ClN3O4/c24-21-11-8-19(27(29)30)13-22(21)26-23(28)18(14-25)12-16-6-9-20(10-7-16)31-15-17-4-2-1-3-5-17/h1-13H,15H2,(H,26,28). The average Bonchev–Trinajstić information content (AvgIpc) is 2.78. The average molecular weight is 434 g/mol. The van der Waals surface area contributed by atoms with E-state index in [0.29, 0.717) is 17.9 Å². The summed E-state index contributed by atoms with van der Waals surface area (Å²) < 4.78 is 5.71. The number of nitrogens with zero attached hydrogens (tertiary/aromatic N) is 2. The number of nitriles is 1. The van der Waals surface area contributed by atoms with E-state index in [1.54, 1.807) is 24.3 Å². The molecule has 0 aliphatic rings. The number of ether oxygens (including phenoxy) is 1. The summed E-state index contributed by atoms with van der Waals surface area (Å²) in [6.07, 6.45) is 1.40. The summed E-state index contributed by atoms with van der Waals surface area (Å²) in [6, 6.07) is 22.1. The molecule has 1 amide bonds. The van der Waals surface area contributed by atoms with Gasteiger partial charge in [0, 0.05) is 12.1 Å². The number of nitro groups is 1. The third kappa shape index (κ3) is 5.92. The summed E-state index contributed by atoms with van der Waals surface area (Å²) >= 11 is 5.99. The van der Waals surface area contributed by atoms with E-state index >= 15 is 0 Å². The van der Waals surface area contributed by atoms with Crippen molar-refractivity contribution in [1.29, 1.82) is 5.26 Å². The molecule has 0 aliphatic carbocycles. The van der Waals surface area contributed by atoms with Crippen molar-refractivity contribution in [3.63, 3.8) is 0 Å². The van der Waals surface area contributed by atoms with Crippen LogP contribution >= 0.6 is 11.6 Å². The number of anilines is 1. The number of rotatable bonds is 7. The lowest BCUT2D eigenvalue weighted by molar-refractivity contribution is -0.384. The Morgan fingerprint density at radius 3 is 2.48 bits per heavy atom. The van der Waals surface area contributed by atoms with Crippen molar-refractivity contribution < 1.29 is 14.5 Å². The van der Waals surface area contributed by atoms with Crippen molar-refractivity contribution in [3.05, 3.63) is 105 Å². The van der Waals surface area contributed by atoms with E-state index < -0.39 is 10.8 Å². The van der Waals surface area contributed by atoms with Gasteiger partial charge in [-0.15, -0.1) is 0 Å². The number of carbonyl (C=O) groups is 1. The first-order valence-corrected chi connectivity index (χ1v) is 9.48. The van der Waals surface area contributed by atoms with Crippen LogP contribution in [0.25, 0.3) is 6.08 Å². The Hall–Kier alpha value is -4.15. The van der Waals surface area contributed by atoms with Gasteiger partial charge in [0.25, 0.3) is 11.6 Å². The molecule has 154 valence electrons. The number of hydrogen-bond acceptors (Lipinski definition) is 5. The number of halogens is 1. The lowest BCUT2D eigenvalue weighted by atomic mass is 10.1. The highest BCUT2D eigenvalue weighted by atomic mass is 35.5. The molecule has 0 aromatic heterocycles. The normalized spacial score (nSPS) is 10.8. The van der Waals surface area contributed by atoms with E-state index in [-0.39, 0.29) is 22.0 Å². The highest BCUT2D eigenvalue weighted by Crippen LogP contribution is 2.27. The zero-order valence-corrected chi connectivity index (χ0v) is 16.9. The van der Waals surface area contributed by atoms with Gasteiger partial charge in [-0.3, -0.25) is 14.9 Å². The molecular weight excluding hydrogens is 418 g/mol.